The molecule has 3 aromatic rings. The van der Waals surface area contributed by atoms with Crippen molar-refractivity contribution in [1.82, 2.24) is 4.98 Å². The molecule has 134 valence electrons. The third-order valence-electron chi connectivity index (χ3n) is 3.64. The van der Waals surface area contributed by atoms with Gasteiger partial charge in [0.05, 0.1) is 20.4 Å². The van der Waals surface area contributed by atoms with Crippen molar-refractivity contribution in [1.29, 1.82) is 0 Å². The van der Waals surface area contributed by atoms with Crippen LogP contribution in [0.3, 0.4) is 0 Å². The van der Waals surface area contributed by atoms with Crippen molar-refractivity contribution >= 4 is 17.6 Å². The second-order valence-corrected chi connectivity index (χ2v) is 5.68. The molecule has 0 radical (unpaired) electrons. The van der Waals surface area contributed by atoms with Crippen LogP contribution < -0.4 is 9.47 Å². The largest absolute Gasteiger partial charge is 0.496 e. The molecular weight excluding hydrogens is 358 g/mol. The lowest BCUT2D eigenvalue weighted by Crippen LogP contribution is -2.09. The van der Waals surface area contributed by atoms with Crippen LogP contribution in [-0.2, 0) is 11.3 Å². The topological polar surface area (TPSA) is 70.8 Å². The molecule has 1 heterocycles. The lowest BCUT2D eigenvalue weighted by atomic mass is 10.2. The fourth-order valence-corrected chi connectivity index (χ4v) is 2.50. The monoisotopic (exact) mass is 373 g/mol. The van der Waals surface area contributed by atoms with Crippen molar-refractivity contribution in [3.05, 3.63) is 65.1 Å². The standard InChI is InChI=1S/C19H16ClNO5/c1-23-14-4-3-5-15(24-2)18(14)19(22)25-11-17-21-10-16(26-17)12-6-8-13(20)9-7-12/h3-10H,11H2,1-2H3. The molecule has 0 fully saturated rings. The number of rotatable bonds is 6. The summed E-state index contributed by atoms with van der Waals surface area (Å²) in [6, 6.07) is 12.2. The summed E-state index contributed by atoms with van der Waals surface area (Å²) in [6.45, 7) is -0.117. The van der Waals surface area contributed by atoms with Crippen LogP contribution in [0.4, 0.5) is 0 Å². The molecule has 26 heavy (non-hydrogen) atoms. The molecule has 0 spiro atoms. The van der Waals surface area contributed by atoms with Gasteiger partial charge in [-0.1, -0.05) is 17.7 Å². The Balaban J connectivity index is 1.72. The van der Waals surface area contributed by atoms with Gasteiger partial charge in [-0.3, -0.25) is 0 Å². The summed E-state index contributed by atoms with van der Waals surface area (Å²) >= 11 is 5.87. The van der Waals surface area contributed by atoms with Crippen LogP contribution in [0.2, 0.25) is 5.02 Å². The number of hydrogen-bond acceptors (Lipinski definition) is 6. The van der Waals surface area contributed by atoms with Crippen molar-refractivity contribution < 1.29 is 23.4 Å². The molecule has 0 bridgehead atoms. The summed E-state index contributed by atoms with van der Waals surface area (Å²) in [7, 11) is 2.94. The van der Waals surface area contributed by atoms with Crippen molar-refractivity contribution in [3.63, 3.8) is 0 Å². The molecule has 0 saturated carbocycles. The number of methoxy groups -OCH3 is 2. The lowest BCUT2D eigenvalue weighted by molar-refractivity contribution is 0.0431. The molecule has 0 saturated heterocycles. The van der Waals surface area contributed by atoms with Gasteiger partial charge in [-0.15, -0.1) is 0 Å². The number of carbonyl (C=O) groups excluding carboxylic acids is 1. The zero-order chi connectivity index (χ0) is 18.5. The highest BCUT2D eigenvalue weighted by atomic mass is 35.5. The molecule has 0 amide bonds. The highest BCUT2D eigenvalue weighted by molar-refractivity contribution is 6.30. The molecule has 0 N–H and O–H groups in total. The number of esters is 1. The van der Waals surface area contributed by atoms with E-state index in [9.17, 15) is 4.79 Å². The van der Waals surface area contributed by atoms with E-state index in [-0.39, 0.29) is 18.1 Å². The first-order valence-corrected chi connectivity index (χ1v) is 8.09. The molecule has 2 aromatic carbocycles. The van der Waals surface area contributed by atoms with Crippen molar-refractivity contribution in [2.45, 2.75) is 6.61 Å². The Morgan fingerprint density at radius 1 is 1.08 bits per heavy atom. The maximum atomic E-state index is 12.4. The second kappa shape index (κ2) is 7.93. The Hall–Kier alpha value is -2.99. The van der Waals surface area contributed by atoms with E-state index in [1.807, 2.05) is 12.1 Å². The van der Waals surface area contributed by atoms with Crippen LogP contribution in [-0.4, -0.2) is 25.2 Å². The number of nitrogens with zero attached hydrogens (tertiary/aromatic N) is 1. The number of halogens is 1. The van der Waals surface area contributed by atoms with Gasteiger partial charge >= 0.3 is 5.97 Å². The highest BCUT2D eigenvalue weighted by Crippen LogP contribution is 2.29. The van der Waals surface area contributed by atoms with Crippen molar-refractivity contribution in [2.24, 2.45) is 0 Å². The van der Waals surface area contributed by atoms with Crippen LogP contribution in [0.25, 0.3) is 11.3 Å². The van der Waals surface area contributed by atoms with E-state index in [0.717, 1.165) is 5.56 Å². The Bertz CT molecular complexity index is 882. The molecule has 0 aliphatic carbocycles. The average Bonchev–Trinajstić information content (AvgIpc) is 3.15. The number of carbonyl (C=O) groups is 1. The summed E-state index contributed by atoms with van der Waals surface area (Å²) in [6.07, 6.45) is 1.57. The number of aromatic nitrogens is 1. The molecule has 0 aliphatic rings. The first kappa shape index (κ1) is 17.8. The first-order valence-electron chi connectivity index (χ1n) is 7.71. The fourth-order valence-electron chi connectivity index (χ4n) is 2.38. The molecule has 7 heteroatoms. The fraction of sp³-hybridized carbons (Fsp3) is 0.158. The van der Waals surface area contributed by atoms with Crippen molar-refractivity contribution in [2.75, 3.05) is 14.2 Å². The van der Waals surface area contributed by atoms with E-state index >= 15 is 0 Å². The van der Waals surface area contributed by atoms with Gasteiger partial charge in [0.15, 0.2) is 12.4 Å². The number of hydrogen-bond donors (Lipinski definition) is 0. The number of ether oxygens (including phenoxy) is 3. The van der Waals surface area contributed by atoms with Gasteiger partial charge < -0.3 is 18.6 Å². The summed E-state index contributed by atoms with van der Waals surface area (Å²) < 4.78 is 21.3. The van der Waals surface area contributed by atoms with Gasteiger partial charge in [0.2, 0.25) is 5.89 Å². The van der Waals surface area contributed by atoms with Gasteiger partial charge in [-0.2, -0.15) is 0 Å². The number of oxazole rings is 1. The third kappa shape index (κ3) is 3.81. The van der Waals surface area contributed by atoms with Gasteiger partial charge in [0.25, 0.3) is 0 Å². The summed E-state index contributed by atoms with van der Waals surface area (Å²) in [4.78, 5) is 16.6. The molecular formula is C19H16ClNO5. The molecule has 1 aromatic heterocycles. The zero-order valence-electron chi connectivity index (χ0n) is 14.2. The quantitative estimate of drug-likeness (QED) is 0.597. The van der Waals surface area contributed by atoms with E-state index in [1.54, 1.807) is 36.5 Å². The normalized spacial score (nSPS) is 10.4. The Morgan fingerprint density at radius 2 is 1.73 bits per heavy atom. The van der Waals surface area contributed by atoms with Gasteiger partial charge in [0, 0.05) is 10.6 Å². The van der Waals surface area contributed by atoms with E-state index in [1.165, 1.54) is 14.2 Å². The summed E-state index contributed by atoms with van der Waals surface area (Å²) in [5.41, 5.74) is 1.04. The molecule has 0 aliphatic heterocycles. The minimum Gasteiger partial charge on any atom is -0.496 e. The Labute approximate surface area is 155 Å². The predicted molar refractivity (Wildman–Crippen MR) is 95.6 cm³/mol. The SMILES string of the molecule is COc1cccc(OC)c1C(=O)OCc1ncc(-c2ccc(Cl)cc2)o1. The average molecular weight is 374 g/mol. The highest BCUT2D eigenvalue weighted by Gasteiger charge is 2.20. The van der Waals surface area contributed by atoms with E-state index in [0.29, 0.717) is 22.3 Å². The number of benzene rings is 2. The van der Waals surface area contributed by atoms with Crippen LogP contribution in [0.1, 0.15) is 16.2 Å². The van der Waals surface area contributed by atoms with Gasteiger partial charge in [-0.25, -0.2) is 9.78 Å². The van der Waals surface area contributed by atoms with Crippen LogP contribution in [0, 0.1) is 0 Å². The van der Waals surface area contributed by atoms with E-state index in [4.69, 9.17) is 30.2 Å². The van der Waals surface area contributed by atoms with E-state index in [2.05, 4.69) is 4.98 Å². The predicted octanol–water partition coefficient (Wildman–Crippen LogP) is 4.37. The maximum absolute atomic E-state index is 12.4. The minimum absolute atomic E-state index is 0.117. The lowest BCUT2D eigenvalue weighted by Gasteiger charge is -2.11. The molecule has 0 atom stereocenters. The van der Waals surface area contributed by atoms with Crippen molar-refractivity contribution in [3.8, 4) is 22.8 Å². The maximum Gasteiger partial charge on any atom is 0.346 e. The molecule has 6 nitrogen and oxygen atoms in total. The molecule has 0 unspecified atom stereocenters. The van der Waals surface area contributed by atoms with Gasteiger partial charge in [0.1, 0.15) is 17.1 Å². The summed E-state index contributed by atoms with van der Waals surface area (Å²) in [5, 5.41) is 0.633. The molecule has 3 rings (SSSR count). The third-order valence-corrected chi connectivity index (χ3v) is 3.89. The van der Waals surface area contributed by atoms with Crippen LogP contribution in [0.5, 0.6) is 11.5 Å². The van der Waals surface area contributed by atoms with Crippen LogP contribution in [0.15, 0.2) is 53.1 Å². The smallest absolute Gasteiger partial charge is 0.346 e. The van der Waals surface area contributed by atoms with Gasteiger partial charge in [-0.05, 0) is 36.4 Å². The summed E-state index contributed by atoms with van der Waals surface area (Å²) in [5.74, 6) is 0.970. The van der Waals surface area contributed by atoms with E-state index < -0.39 is 5.97 Å². The van der Waals surface area contributed by atoms with Crippen LogP contribution >= 0.6 is 11.6 Å². The first-order chi connectivity index (χ1) is 12.6. The second-order valence-electron chi connectivity index (χ2n) is 5.24. The Kier molecular flexibility index (Phi) is 5.43. The minimum atomic E-state index is -0.592. The Morgan fingerprint density at radius 3 is 2.35 bits per heavy atom. The zero-order valence-corrected chi connectivity index (χ0v) is 14.9.